The van der Waals surface area contributed by atoms with Crippen LogP contribution >= 0.6 is 0 Å². The second-order valence-corrected chi connectivity index (χ2v) is 4.47. The van der Waals surface area contributed by atoms with Crippen molar-refractivity contribution in [1.29, 1.82) is 0 Å². The van der Waals surface area contributed by atoms with Crippen LogP contribution in [0.1, 0.15) is 25.5 Å². The number of ether oxygens (including phenoxy) is 1. The van der Waals surface area contributed by atoms with E-state index >= 15 is 0 Å². The summed E-state index contributed by atoms with van der Waals surface area (Å²) in [5.74, 6) is -0.670. The van der Waals surface area contributed by atoms with Gasteiger partial charge in [-0.3, -0.25) is 4.79 Å². The molecule has 18 heavy (non-hydrogen) atoms. The Morgan fingerprint density at radius 2 is 2.00 bits per heavy atom. The van der Waals surface area contributed by atoms with Gasteiger partial charge in [-0.2, -0.15) is 0 Å². The van der Waals surface area contributed by atoms with Crippen molar-refractivity contribution in [2.24, 2.45) is 5.73 Å². The number of nitrogens with two attached hydrogens (primary N) is 1. The van der Waals surface area contributed by atoms with Crippen LogP contribution in [-0.4, -0.2) is 31.0 Å². The molecule has 0 heterocycles. The first-order chi connectivity index (χ1) is 8.32. The average Bonchev–Trinajstić information content (AvgIpc) is 2.30. The second kappa shape index (κ2) is 5.82. The highest BCUT2D eigenvalue weighted by atomic mass is 19.1. The maximum atomic E-state index is 13.7. The maximum absolute atomic E-state index is 13.7. The molecule has 0 aliphatic heterocycles. The Hall–Kier alpha value is -1.62. The van der Waals surface area contributed by atoms with E-state index in [0.29, 0.717) is 5.56 Å². The monoisotopic (exact) mass is 254 g/mol. The van der Waals surface area contributed by atoms with Gasteiger partial charge >= 0.3 is 0 Å². The summed E-state index contributed by atoms with van der Waals surface area (Å²) in [4.78, 5) is 13.0. The quantitative estimate of drug-likeness (QED) is 0.889. The van der Waals surface area contributed by atoms with Crippen LogP contribution in [0.2, 0.25) is 0 Å². The van der Waals surface area contributed by atoms with Crippen LogP contribution in [0, 0.1) is 5.82 Å². The number of carbonyl (C=O) groups excluding carboxylic acids is 1. The Balaban J connectivity index is 2.83. The second-order valence-electron chi connectivity index (χ2n) is 4.47. The molecule has 100 valence electrons. The average molecular weight is 254 g/mol. The summed E-state index contributed by atoms with van der Waals surface area (Å²) in [5.41, 5.74) is 6.34. The molecular formula is C13H19FN2O2. The number of rotatable bonds is 4. The molecule has 1 amide bonds. The van der Waals surface area contributed by atoms with Gasteiger partial charge in [0.1, 0.15) is 0 Å². The summed E-state index contributed by atoms with van der Waals surface area (Å²) in [5, 5.41) is 0. The number of amides is 1. The molecule has 5 heteroatoms. The Morgan fingerprint density at radius 3 is 2.44 bits per heavy atom. The van der Waals surface area contributed by atoms with Crippen LogP contribution in [0.3, 0.4) is 0 Å². The fourth-order valence-corrected chi connectivity index (χ4v) is 1.50. The molecule has 0 radical (unpaired) electrons. The molecule has 1 rings (SSSR count). The zero-order valence-corrected chi connectivity index (χ0v) is 11.1. The zero-order valence-electron chi connectivity index (χ0n) is 11.1. The maximum Gasteiger partial charge on any atom is 0.262 e. The van der Waals surface area contributed by atoms with Crippen molar-refractivity contribution in [1.82, 2.24) is 4.90 Å². The van der Waals surface area contributed by atoms with Crippen molar-refractivity contribution >= 4 is 5.91 Å². The van der Waals surface area contributed by atoms with E-state index in [1.165, 1.54) is 17.0 Å². The van der Waals surface area contributed by atoms with E-state index in [-0.39, 0.29) is 17.7 Å². The number of hydrogen-bond acceptors (Lipinski definition) is 3. The predicted molar refractivity (Wildman–Crippen MR) is 67.8 cm³/mol. The Labute approximate surface area is 107 Å². The van der Waals surface area contributed by atoms with Gasteiger partial charge in [0.25, 0.3) is 5.91 Å². The summed E-state index contributed by atoms with van der Waals surface area (Å²) >= 11 is 0. The van der Waals surface area contributed by atoms with Gasteiger partial charge in [0, 0.05) is 20.1 Å². The number of halogens is 1. The van der Waals surface area contributed by atoms with Gasteiger partial charge in [-0.25, -0.2) is 4.39 Å². The third kappa shape index (κ3) is 3.43. The van der Waals surface area contributed by atoms with E-state index in [0.717, 1.165) is 0 Å². The van der Waals surface area contributed by atoms with Gasteiger partial charge in [-0.05, 0) is 31.5 Å². The van der Waals surface area contributed by atoms with Crippen LogP contribution in [-0.2, 0) is 4.79 Å². The van der Waals surface area contributed by atoms with Gasteiger partial charge in [-0.15, -0.1) is 0 Å². The minimum Gasteiger partial charge on any atom is -0.478 e. The van der Waals surface area contributed by atoms with Crippen LogP contribution in [0.25, 0.3) is 0 Å². The standard InChI is InChI=1S/C13H19FN2O2/c1-8(15)10-5-6-12(11(14)7-10)18-9(2)13(17)16(3)4/h5-9H,15H2,1-4H3/t8-,9?/m0/s1. The van der Waals surface area contributed by atoms with E-state index in [1.807, 2.05) is 0 Å². The molecule has 0 saturated carbocycles. The summed E-state index contributed by atoms with van der Waals surface area (Å²) < 4.78 is 19.0. The van der Waals surface area contributed by atoms with E-state index < -0.39 is 11.9 Å². The number of hydrogen-bond donors (Lipinski definition) is 1. The van der Waals surface area contributed by atoms with Crippen LogP contribution in [0.15, 0.2) is 18.2 Å². The summed E-state index contributed by atoms with van der Waals surface area (Å²) in [6, 6.07) is 4.27. The Morgan fingerprint density at radius 1 is 1.39 bits per heavy atom. The fourth-order valence-electron chi connectivity index (χ4n) is 1.50. The molecule has 1 aromatic carbocycles. The molecule has 0 aliphatic rings. The van der Waals surface area contributed by atoms with Gasteiger partial charge in [0.05, 0.1) is 0 Å². The molecule has 4 nitrogen and oxygen atoms in total. The third-order valence-corrected chi connectivity index (χ3v) is 2.57. The van der Waals surface area contributed by atoms with Crippen molar-refractivity contribution in [3.8, 4) is 5.75 Å². The van der Waals surface area contributed by atoms with E-state index in [1.54, 1.807) is 34.0 Å². The molecule has 0 bridgehead atoms. The normalized spacial score (nSPS) is 13.9. The van der Waals surface area contributed by atoms with Crippen LogP contribution in [0.5, 0.6) is 5.75 Å². The van der Waals surface area contributed by atoms with Crippen molar-refractivity contribution in [2.45, 2.75) is 26.0 Å². The number of nitrogens with zero attached hydrogens (tertiary/aromatic N) is 1. The molecule has 2 N–H and O–H groups in total. The lowest BCUT2D eigenvalue weighted by Gasteiger charge is -2.19. The Bertz CT molecular complexity index is 433. The highest BCUT2D eigenvalue weighted by Crippen LogP contribution is 2.22. The molecule has 0 aromatic heterocycles. The van der Waals surface area contributed by atoms with Gasteiger partial charge < -0.3 is 15.4 Å². The summed E-state index contributed by atoms with van der Waals surface area (Å²) in [6.07, 6.45) is -0.726. The Kier molecular flexibility index (Phi) is 4.67. The van der Waals surface area contributed by atoms with Gasteiger partial charge in [0.15, 0.2) is 17.7 Å². The molecule has 0 spiro atoms. The van der Waals surface area contributed by atoms with Crippen molar-refractivity contribution in [2.75, 3.05) is 14.1 Å². The number of carbonyl (C=O) groups is 1. The van der Waals surface area contributed by atoms with E-state index in [4.69, 9.17) is 10.5 Å². The predicted octanol–water partition coefficient (Wildman–Crippen LogP) is 1.70. The third-order valence-electron chi connectivity index (χ3n) is 2.57. The molecule has 0 aliphatic carbocycles. The molecule has 0 fully saturated rings. The van der Waals surface area contributed by atoms with Gasteiger partial charge in [0.2, 0.25) is 0 Å². The lowest BCUT2D eigenvalue weighted by atomic mass is 10.1. The first kappa shape index (κ1) is 14.4. The smallest absolute Gasteiger partial charge is 0.262 e. The lowest BCUT2D eigenvalue weighted by molar-refractivity contribution is -0.135. The largest absolute Gasteiger partial charge is 0.478 e. The topological polar surface area (TPSA) is 55.6 Å². The highest BCUT2D eigenvalue weighted by Gasteiger charge is 2.18. The summed E-state index contributed by atoms with van der Waals surface area (Å²) in [6.45, 7) is 3.36. The first-order valence-corrected chi connectivity index (χ1v) is 5.75. The molecular weight excluding hydrogens is 235 g/mol. The molecule has 1 unspecified atom stereocenters. The zero-order chi connectivity index (χ0) is 13.9. The number of likely N-dealkylation sites (N-methyl/N-ethyl adjacent to an activating group) is 1. The minimum atomic E-state index is -0.726. The molecule has 2 atom stereocenters. The molecule has 1 aromatic rings. The van der Waals surface area contributed by atoms with Crippen molar-refractivity contribution < 1.29 is 13.9 Å². The number of benzene rings is 1. The van der Waals surface area contributed by atoms with Crippen molar-refractivity contribution in [3.05, 3.63) is 29.6 Å². The SMILES string of the molecule is CC(Oc1ccc([C@H](C)N)cc1F)C(=O)N(C)C. The van der Waals surface area contributed by atoms with Crippen LogP contribution in [0.4, 0.5) is 4.39 Å². The first-order valence-electron chi connectivity index (χ1n) is 5.75. The molecule has 0 saturated heterocycles. The minimum absolute atomic E-state index is 0.0575. The van der Waals surface area contributed by atoms with E-state index in [2.05, 4.69) is 0 Å². The fraction of sp³-hybridized carbons (Fsp3) is 0.462. The van der Waals surface area contributed by atoms with Crippen LogP contribution < -0.4 is 10.5 Å². The van der Waals surface area contributed by atoms with E-state index in [9.17, 15) is 9.18 Å². The highest BCUT2D eigenvalue weighted by molar-refractivity contribution is 5.80. The summed E-state index contributed by atoms with van der Waals surface area (Å²) in [7, 11) is 3.25. The van der Waals surface area contributed by atoms with Gasteiger partial charge in [-0.1, -0.05) is 6.07 Å². The lowest BCUT2D eigenvalue weighted by Crippen LogP contribution is -2.35. The van der Waals surface area contributed by atoms with Crippen molar-refractivity contribution in [3.63, 3.8) is 0 Å².